The molecule has 2 aromatic rings. The lowest BCUT2D eigenvalue weighted by atomic mass is 10.2. The molecule has 0 amide bonds. The first-order chi connectivity index (χ1) is 7.34. The summed E-state index contributed by atoms with van der Waals surface area (Å²) in [6, 6.07) is 12.2. The van der Waals surface area contributed by atoms with E-state index in [0.29, 0.717) is 6.61 Å². The molecule has 0 unspecified atom stereocenters. The van der Waals surface area contributed by atoms with Crippen molar-refractivity contribution in [2.24, 2.45) is 0 Å². The minimum atomic E-state index is 0.706. The maximum atomic E-state index is 5.64. The van der Waals surface area contributed by atoms with Gasteiger partial charge in [-0.2, -0.15) is 0 Å². The summed E-state index contributed by atoms with van der Waals surface area (Å²) in [5, 5.41) is 0. The van der Waals surface area contributed by atoms with Crippen LogP contribution in [0.2, 0.25) is 0 Å². The summed E-state index contributed by atoms with van der Waals surface area (Å²) in [6.07, 6.45) is 4.08. The van der Waals surface area contributed by atoms with Crippen molar-refractivity contribution < 1.29 is 4.74 Å². The Labute approximate surface area is 90.1 Å². The third-order valence-corrected chi connectivity index (χ3v) is 2.27. The molecule has 0 saturated carbocycles. The average molecular weight is 201 g/mol. The highest BCUT2D eigenvalue weighted by Gasteiger charge is 1.94. The molecule has 15 heavy (non-hydrogen) atoms. The van der Waals surface area contributed by atoms with Gasteiger partial charge < -0.3 is 9.30 Å². The van der Waals surface area contributed by atoms with Crippen LogP contribution in [0.15, 0.2) is 48.8 Å². The highest BCUT2D eigenvalue weighted by atomic mass is 16.5. The Morgan fingerprint density at radius 1 is 1.13 bits per heavy atom. The number of hydrogen-bond acceptors (Lipinski definition) is 1. The molecule has 2 rings (SSSR count). The van der Waals surface area contributed by atoms with Crippen LogP contribution in [0.4, 0.5) is 0 Å². The Balaban J connectivity index is 1.83. The van der Waals surface area contributed by atoms with Crippen molar-refractivity contribution in [3.8, 4) is 5.75 Å². The van der Waals surface area contributed by atoms with Gasteiger partial charge in [-0.25, -0.2) is 0 Å². The van der Waals surface area contributed by atoms with Crippen molar-refractivity contribution in [3.05, 3.63) is 54.4 Å². The van der Waals surface area contributed by atoms with Gasteiger partial charge in [-0.15, -0.1) is 0 Å². The average Bonchev–Trinajstić information content (AvgIpc) is 2.71. The first kappa shape index (κ1) is 9.84. The zero-order valence-electron chi connectivity index (χ0n) is 8.89. The van der Waals surface area contributed by atoms with Crippen molar-refractivity contribution in [1.29, 1.82) is 0 Å². The minimum absolute atomic E-state index is 0.706. The fourth-order valence-corrected chi connectivity index (χ4v) is 1.49. The third-order valence-electron chi connectivity index (χ3n) is 2.27. The molecule has 0 aliphatic rings. The van der Waals surface area contributed by atoms with Gasteiger partial charge in [0.05, 0.1) is 6.54 Å². The van der Waals surface area contributed by atoms with E-state index in [1.54, 1.807) is 0 Å². The molecule has 78 valence electrons. The molecule has 0 saturated heterocycles. The fourth-order valence-electron chi connectivity index (χ4n) is 1.49. The lowest BCUT2D eigenvalue weighted by molar-refractivity contribution is 0.298. The second kappa shape index (κ2) is 4.69. The number of nitrogens with zero attached hydrogens (tertiary/aromatic N) is 1. The molecule has 0 atom stereocenters. The fraction of sp³-hybridized carbons (Fsp3) is 0.231. The van der Waals surface area contributed by atoms with Gasteiger partial charge >= 0.3 is 0 Å². The Hall–Kier alpha value is -1.70. The summed E-state index contributed by atoms with van der Waals surface area (Å²) >= 11 is 0. The van der Waals surface area contributed by atoms with E-state index < -0.39 is 0 Å². The second-order valence-corrected chi connectivity index (χ2v) is 3.59. The molecule has 1 aromatic carbocycles. The smallest absolute Gasteiger partial charge is 0.119 e. The van der Waals surface area contributed by atoms with Gasteiger partial charge in [0.25, 0.3) is 0 Å². The van der Waals surface area contributed by atoms with Crippen LogP contribution in [0.25, 0.3) is 0 Å². The monoisotopic (exact) mass is 201 g/mol. The molecule has 0 bridgehead atoms. The maximum absolute atomic E-state index is 5.64. The van der Waals surface area contributed by atoms with E-state index in [4.69, 9.17) is 4.74 Å². The largest absolute Gasteiger partial charge is 0.492 e. The molecule has 0 spiro atoms. The number of hydrogen-bond donors (Lipinski definition) is 0. The lowest BCUT2D eigenvalue weighted by Gasteiger charge is -2.07. The molecular formula is C13H15NO. The zero-order chi connectivity index (χ0) is 10.5. The van der Waals surface area contributed by atoms with Crippen LogP contribution in [-0.2, 0) is 6.54 Å². The SMILES string of the molecule is Cc1cccc(OCCn2cccc2)c1. The molecule has 2 heteroatoms. The van der Waals surface area contributed by atoms with Gasteiger partial charge in [-0.1, -0.05) is 12.1 Å². The highest BCUT2D eigenvalue weighted by Crippen LogP contribution is 2.12. The standard InChI is InChI=1S/C13H15NO/c1-12-5-4-6-13(11-12)15-10-9-14-7-2-3-8-14/h2-8,11H,9-10H2,1H3. The Morgan fingerprint density at radius 3 is 2.67 bits per heavy atom. The molecule has 1 heterocycles. The van der Waals surface area contributed by atoms with Crippen molar-refractivity contribution in [3.63, 3.8) is 0 Å². The highest BCUT2D eigenvalue weighted by molar-refractivity contribution is 5.27. The summed E-state index contributed by atoms with van der Waals surface area (Å²) in [5.74, 6) is 0.946. The molecule has 0 aliphatic carbocycles. The van der Waals surface area contributed by atoms with Gasteiger partial charge in [-0.05, 0) is 36.8 Å². The predicted octanol–water partition coefficient (Wildman–Crippen LogP) is 2.88. The van der Waals surface area contributed by atoms with Gasteiger partial charge in [-0.3, -0.25) is 0 Å². The predicted molar refractivity (Wildman–Crippen MR) is 61.1 cm³/mol. The van der Waals surface area contributed by atoms with Crippen LogP contribution in [0.5, 0.6) is 5.75 Å². The summed E-state index contributed by atoms with van der Waals surface area (Å²) in [7, 11) is 0. The molecule has 0 aliphatic heterocycles. The third kappa shape index (κ3) is 2.88. The topological polar surface area (TPSA) is 14.2 Å². The van der Waals surface area contributed by atoms with Crippen molar-refractivity contribution in [1.82, 2.24) is 4.57 Å². The van der Waals surface area contributed by atoms with Crippen LogP contribution in [0.1, 0.15) is 5.56 Å². The number of aryl methyl sites for hydroxylation is 1. The molecule has 1 aromatic heterocycles. The van der Waals surface area contributed by atoms with Gasteiger partial charge in [0, 0.05) is 12.4 Å². The second-order valence-electron chi connectivity index (χ2n) is 3.59. The van der Waals surface area contributed by atoms with Crippen LogP contribution < -0.4 is 4.74 Å². The summed E-state index contributed by atoms with van der Waals surface area (Å²) in [6.45, 7) is 3.66. The summed E-state index contributed by atoms with van der Waals surface area (Å²) in [4.78, 5) is 0. The van der Waals surface area contributed by atoms with E-state index in [9.17, 15) is 0 Å². The lowest BCUT2D eigenvalue weighted by Crippen LogP contribution is -2.06. The molecule has 0 radical (unpaired) electrons. The number of rotatable bonds is 4. The van der Waals surface area contributed by atoms with Crippen LogP contribution in [0.3, 0.4) is 0 Å². The summed E-state index contributed by atoms with van der Waals surface area (Å²) in [5.41, 5.74) is 1.23. The van der Waals surface area contributed by atoms with Crippen molar-refractivity contribution >= 4 is 0 Å². The maximum Gasteiger partial charge on any atom is 0.119 e. The Kier molecular flexibility index (Phi) is 3.08. The van der Waals surface area contributed by atoms with Crippen LogP contribution in [-0.4, -0.2) is 11.2 Å². The summed E-state index contributed by atoms with van der Waals surface area (Å²) < 4.78 is 7.75. The van der Waals surface area contributed by atoms with E-state index in [2.05, 4.69) is 23.6 Å². The van der Waals surface area contributed by atoms with E-state index in [0.717, 1.165) is 12.3 Å². The van der Waals surface area contributed by atoms with E-state index in [-0.39, 0.29) is 0 Å². The zero-order valence-corrected chi connectivity index (χ0v) is 8.89. The molecular weight excluding hydrogens is 186 g/mol. The molecule has 0 N–H and O–H groups in total. The molecule has 2 nitrogen and oxygen atoms in total. The van der Waals surface area contributed by atoms with E-state index >= 15 is 0 Å². The Morgan fingerprint density at radius 2 is 1.93 bits per heavy atom. The van der Waals surface area contributed by atoms with E-state index in [1.807, 2.05) is 36.7 Å². The van der Waals surface area contributed by atoms with Crippen molar-refractivity contribution in [2.75, 3.05) is 6.61 Å². The van der Waals surface area contributed by atoms with Crippen molar-refractivity contribution in [2.45, 2.75) is 13.5 Å². The first-order valence-corrected chi connectivity index (χ1v) is 5.15. The van der Waals surface area contributed by atoms with Gasteiger partial charge in [0.2, 0.25) is 0 Å². The number of ether oxygens (including phenoxy) is 1. The van der Waals surface area contributed by atoms with E-state index in [1.165, 1.54) is 5.56 Å². The minimum Gasteiger partial charge on any atom is -0.492 e. The van der Waals surface area contributed by atoms with Crippen LogP contribution >= 0.6 is 0 Å². The number of aromatic nitrogens is 1. The quantitative estimate of drug-likeness (QED) is 0.742. The van der Waals surface area contributed by atoms with Gasteiger partial charge in [0.15, 0.2) is 0 Å². The van der Waals surface area contributed by atoms with Gasteiger partial charge in [0.1, 0.15) is 12.4 Å². The first-order valence-electron chi connectivity index (χ1n) is 5.15. The normalized spacial score (nSPS) is 10.2. The van der Waals surface area contributed by atoms with Crippen LogP contribution in [0, 0.1) is 6.92 Å². The number of benzene rings is 1. The Bertz CT molecular complexity index is 406. The molecule has 0 fully saturated rings.